The summed E-state index contributed by atoms with van der Waals surface area (Å²) in [5.41, 5.74) is 0. The second kappa shape index (κ2) is 42.0. The van der Waals surface area contributed by atoms with Crippen LogP contribution in [0, 0.1) is 0 Å². The van der Waals surface area contributed by atoms with Crippen molar-refractivity contribution in [2.75, 3.05) is 40.9 Å². The van der Waals surface area contributed by atoms with Gasteiger partial charge < -0.3 is 19.8 Å². The number of nitrogens with zero attached hydrogens (tertiary/aromatic N) is 1. The second-order valence-electron chi connectivity index (χ2n) is 17.1. The molecule has 0 aliphatic heterocycles. The van der Waals surface area contributed by atoms with Crippen molar-refractivity contribution in [3.8, 4) is 0 Å². The van der Waals surface area contributed by atoms with Crippen LogP contribution in [0.1, 0.15) is 181 Å². The van der Waals surface area contributed by atoms with Crippen molar-refractivity contribution in [3.05, 3.63) is 85.1 Å². The molecule has 9 heteroatoms. The summed E-state index contributed by atoms with van der Waals surface area (Å²) in [6.45, 7) is 4.59. The molecule has 0 aliphatic carbocycles. The number of aliphatic hydroxyl groups is 1. The molecule has 0 bridgehead atoms. The van der Waals surface area contributed by atoms with Crippen LogP contribution in [0.3, 0.4) is 0 Å². The van der Waals surface area contributed by atoms with Crippen molar-refractivity contribution in [1.29, 1.82) is 0 Å². The minimum Gasteiger partial charge on any atom is -0.387 e. The van der Waals surface area contributed by atoms with Gasteiger partial charge in [-0.2, -0.15) is 0 Å². The van der Waals surface area contributed by atoms with E-state index >= 15 is 0 Å². The molecule has 0 fully saturated rings. The number of carbonyl (C=O) groups excluding carboxylic acids is 1. The molecule has 3 atom stereocenters. The normalized spacial score (nSPS) is 15.0. The fourth-order valence-electron chi connectivity index (χ4n) is 6.36. The fourth-order valence-corrected chi connectivity index (χ4v) is 7.10. The van der Waals surface area contributed by atoms with Crippen molar-refractivity contribution in [2.24, 2.45) is 0 Å². The molecule has 0 heterocycles. The van der Waals surface area contributed by atoms with Crippen LogP contribution in [-0.2, 0) is 18.4 Å². The summed E-state index contributed by atoms with van der Waals surface area (Å²) >= 11 is 0. The molecule has 0 aromatic heterocycles. The summed E-state index contributed by atoms with van der Waals surface area (Å²) in [6.07, 6.45) is 58.5. The minimum absolute atomic E-state index is 0.0356. The molecule has 0 aromatic carbocycles. The van der Waals surface area contributed by atoms with E-state index in [4.69, 9.17) is 9.05 Å². The second-order valence-corrected chi connectivity index (χ2v) is 18.6. The van der Waals surface area contributed by atoms with Gasteiger partial charge in [0.1, 0.15) is 13.2 Å². The van der Waals surface area contributed by atoms with Gasteiger partial charge in [0, 0.05) is 6.42 Å². The maximum absolute atomic E-state index is 12.8. The molecule has 0 rings (SSSR count). The molecule has 1 amide bonds. The molecule has 0 radical (unpaired) electrons. The van der Waals surface area contributed by atoms with Crippen LogP contribution < -0.4 is 5.32 Å². The standard InChI is InChI=1S/C51H91N2O6P/c1-6-8-10-12-14-16-18-20-22-23-24-25-26-27-28-29-31-32-34-36-38-40-42-44-50(54)49(48-59-60(56,57)58-47-46-53(3,4)5)52-51(55)45-43-41-39-37-35-33-30-21-19-17-15-13-11-9-7-2/h9,11,15,17,21,30,34-37,41-44,49-50,54H,6-8,10,12-14,16,18-20,22-29,31-33,38-40,45-48H2,1-5H3,(H-,52,55,56,57)/p+1/b11-9-,17-15-,30-21-,36-34+,37-35-,43-41-,44-42+. The molecule has 346 valence electrons. The smallest absolute Gasteiger partial charge is 0.387 e. The molecule has 3 N–H and O–H groups in total. The Bertz CT molecular complexity index is 1250. The highest BCUT2D eigenvalue weighted by atomic mass is 31.2. The SMILES string of the molecule is CC/C=C\C/C=C\C/C=C\C/C=C\C/C=C\CC(=O)NC(COP(=O)(O)OCC[N+](C)(C)C)C(O)/C=C/CC/C=C/CCCCCCCCCCCCCCCCCCC. The quantitative estimate of drug-likeness (QED) is 0.0244. The van der Waals surface area contributed by atoms with E-state index in [2.05, 4.69) is 79.9 Å². The first-order chi connectivity index (χ1) is 29.0. The molecule has 60 heavy (non-hydrogen) atoms. The number of hydrogen-bond acceptors (Lipinski definition) is 5. The lowest BCUT2D eigenvalue weighted by Gasteiger charge is -2.25. The van der Waals surface area contributed by atoms with E-state index < -0.39 is 20.0 Å². The monoisotopic (exact) mass is 860 g/mol. The van der Waals surface area contributed by atoms with Gasteiger partial charge in [-0.3, -0.25) is 13.8 Å². The van der Waals surface area contributed by atoms with Crippen LogP contribution in [-0.4, -0.2) is 73.4 Å². The van der Waals surface area contributed by atoms with Gasteiger partial charge in [0.2, 0.25) is 5.91 Å². The van der Waals surface area contributed by atoms with Gasteiger partial charge >= 0.3 is 7.82 Å². The lowest BCUT2D eigenvalue weighted by atomic mass is 10.0. The first-order valence-electron chi connectivity index (χ1n) is 24.0. The van der Waals surface area contributed by atoms with Gasteiger partial charge in [0.05, 0.1) is 39.9 Å². The number of amides is 1. The Labute approximate surface area is 369 Å². The maximum Gasteiger partial charge on any atom is 0.472 e. The van der Waals surface area contributed by atoms with Crippen molar-refractivity contribution in [1.82, 2.24) is 5.32 Å². The van der Waals surface area contributed by atoms with Gasteiger partial charge in [-0.1, -0.05) is 202 Å². The van der Waals surface area contributed by atoms with E-state index in [0.29, 0.717) is 17.4 Å². The van der Waals surface area contributed by atoms with Crippen molar-refractivity contribution in [2.45, 2.75) is 193 Å². The number of hydrogen-bond donors (Lipinski definition) is 3. The zero-order valence-corrected chi connectivity index (χ0v) is 40.1. The van der Waals surface area contributed by atoms with Crippen LogP contribution in [0.5, 0.6) is 0 Å². The predicted molar refractivity (Wildman–Crippen MR) is 258 cm³/mol. The zero-order chi connectivity index (χ0) is 44.3. The van der Waals surface area contributed by atoms with E-state index in [-0.39, 0.29) is 25.5 Å². The van der Waals surface area contributed by atoms with Crippen molar-refractivity contribution >= 4 is 13.7 Å². The molecule has 0 aliphatic rings. The van der Waals surface area contributed by atoms with Gasteiger partial charge in [0.15, 0.2) is 0 Å². The lowest BCUT2D eigenvalue weighted by Crippen LogP contribution is -2.45. The number of phosphoric ester groups is 1. The van der Waals surface area contributed by atoms with Crippen molar-refractivity contribution in [3.63, 3.8) is 0 Å². The van der Waals surface area contributed by atoms with Crippen LogP contribution in [0.4, 0.5) is 0 Å². The lowest BCUT2D eigenvalue weighted by molar-refractivity contribution is -0.870. The Kier molecular flexibility index (Phi) is 40.4. The number of likely N-dealkylation sites (N-methyl/N-ethyl adjacent to an activating group) is 1. The molecule has 3 unspecified atom stereocenters. The number of carbonyl (C=O) groups is 1. The highest BCUT2D eigenvalue weighted by molar-refractivity contribution is 7.47. The zero-order valence-electron chi connectivity index (χ0n) is 39.2. The number of phosphoric acid groups is 1. The third-order valence-corrected chi connectivity index (χ3v) is 11.1. The maximum atomic E-state index is 12.8. The first kappa shape index (κ1) is 57.7. The first-order valence-corrected chi connectivity index (χ1v) is 25.5. The van der Waals surface area contributed by atoms with Gasteiger partial charge in [-0.05, 0) is 57.8 Å². The van der Waals surface area contributed by atoms with Crippen LogP contribution in [0.2, 0.25) is 0 Å². The molecule has 0 saturated heterocycles. The Balaban J connectivity index is 4.49. The summed E-state index contributed by atoms with van der Waals surface area (Å²) in [6, 6.07) is -0.922. The number of aliphatic hydroxyl groups excluding tert-OH is 1. The fraction of sp³-hybridized carbons (Fsp3) is 0.706. The number of allylic oxidation sites excluding steroid dienone is 12. The molecular weight excluding hydrogens is 768 g/mol. The average Bonchev–Trinajstić information content (AvgIpc) is 3.20. The third-order valence-electron chi connectivity index (χ3n) is 10.1. The van der Waals surface area contributed by atoms with Gasteiger partial charge in [-0.15, -0.1) is 0 Å². The van der Waals surface area contributed by atoms with E-state index in [1.165, 1.54) is 109 Å². The van der Waals surface area contributed by atoms with Crippen LogP contribution in [0.25, 0.3) is 0 Å². The molecule has 0 aromatic rings. The Morgan fingerprint density at radius 2 is 1.02 bits per heavy atom. The van der Waals surface area contributed by atoms with Crippen molar-refractivity contribution < 1.29 is 32.9 Å². The van der Waals surface area contributed by atoms with E-state index in [9.17, 15) is 19.4 Å². The number of rotatable bonds is 42. The van der Waals surface area contributed by atoms with Crippen LogP contribution >= 0.6 is 7.82 Å². The van der Waals surface area contributed by atoms with Crippen LogP contribution in [0.15, 0.2) is 85.1 Å². The van der Waals surface area contributed by atoms with Gasteiger partial charge in [0.25, 0.3) is 0 Å². The summed E-state index contributed by atoms with van der Waals surface area (Å²) in [5, 5.41) is 13.7. The molecule has 8 nitrogen and oxygen atoms in total. The highest BCUT2D eigenvalue weighted by Crippen LogP contribution is 2.43. The molecule has 0 spiro atoms. The number of unbranched alkanes of at least 4 members (excludes halogenated alkanes) is 18. The Morgan fingerprint density at radius 1 is 0.583 bits per heavy atom. The molecule has 0 saturated carbocycles. The minimum atomic E-state index is -4.38. The predicted octanol–water partition coefficient (Wildman–Crippen LogP) is 13.7. The topological polar surface area (TPSA) is 105 Å². The van der Waals surface area contributed by atoms with E-state index in [0.717, 1.165) is 44.9 Å². The number of nitrogens with one attached hydrogen (secondary N) is 1. The van der Waals surface area contributed by atoms with Gasteiger partial charge in [-0.25, -0.2) is 4.57 Å². The van der Waals surface area contributed by atoms with E-state index in [1.807, 2.05) is 33.3 Å². The largest absolute Gasteiger partial charge is 0.472 e. The number of quaternary nitrogens is 1. The average molecular weight is 860 g/mol. The summed E-state index contributed by atoms with van der Waals surface area (Å²) in [7, 11) is 1.49. The highest BCUT2D eigenvalue weighted by Gasteiger charge is 2.27. The summed E-state index contributed by atoms with van der Waals surface area (Å²) < 4.78 is 23.5. The van der Waals surface area contributed by atoms with E-state index in [1.54, 1.807) is 12.2 Å². The molecular formula is C51H92N2O6P+. The summed E-state index contributed by atoms with van der Waals surface area (Å²) in [5.74, 6) is -0.316. The summed E-state index contributed by atoms with van der Waals surface area (Å²) in [4.78, 5) is 23.1. The third kappa shape index (κ3) is 43.8. The Hall–Kier alpha value is -2.32. The Morgan fingerprint density at radius 3 is 1.50 bits per heavy atom.